The van der Waals surface area contributed by atoms with Gasteiger partial charge < -0.3 is 0 Å². The Hall–Kier alpha value is 1.09. The fourth-order valence-corrected chi connectivity index (χ4v) is 0.204. The molecule has 0 aliphatic rings. The van der Waals surface area contributed by atoms with Crippen LogP contribution in [0.1, 0.15) is 0 Å². The normalized spacial score (nSPS) is 3.33. The Balaban J connectivity index is 0. The standard InChI is InChI=1S/2Al.3O.Rh. The van der Waals surface area contributed by atoms with E-state index in [2.05, 4.69) is 2.84 Å². The predicted molar refractivity (Wildman–Crippen MR) is 14.0 cm³/mol. The molecule has 0 spiro atoms. The van der Waals surface area contributed by atoms with Crippen LogP contribution in [0.4, 0.5) is 0 Å². The van der Waals surface area contributed by atoms with Crippen LogP contribution in [0.3, 0.4) is 0 Å². The average molecular weight is 205 g/mol. The molecule has 0 atom stereocenters. The molecule has 0 aromatic heterocycles. The van der Waals surface area contributed by atoms with Crippen LogP contribution < -0.4 is 0 Å². The molecule has 0 saturated carbocycles. The van der Waals surface area contributed by atoms with Crippen molar-refractivity contribution in [3.63, 3.8) is 0 Å². The van der Waals surface area contributed by atoms with Crippen LogP contribution >= 0.6 is 0 Å². The summed E-state index contributed by atoms with van der Waals surface area (Å²) in [6, 6.07) is 0. The minimum absolute atomic E-state index is 0. The van der Waals surface area contributed by atoms with Crippen LogP contribution in [0.2, 0.25) is 0 Å². The molecule has 0 amide bonds. The van der Waals surface area contributed by atoms with E-state index in [1.807, 2.05) is 0 Å². The summed E-state index contributed by atoms with van der Waals surface area (Å²) in [6.45, 7) is 0. The van der Waals surface area contributed by atoms with E-state index in [-0.39, 0.29) is 19.5 Å². The first-order valence-electron chi connectivity index (χ1n) is 0.943. The second-order valence-electron chi connectivity index (χ2n) is 0.329. The van der Waals surface area contributed by atoms with Gasteiger partial charge in [0.2, 0.25) is 0 Å². The Labute approximate surface area is 60.7 Å². The molecule has 0 aromatic carbocycles. The Bertz CT molecular complexity index is 38.1. The molecular formula is Al2O3Rh. The molecule has 0 unspecified atom stereocenters. The van der Waals surface area contributed by atoms with E-state index in [0.717, 1.165) is 0 Å². The molecule has 0 saturated heterocycles. The van der Waals surface area contributed by atoms with Crippen molar-refractivity contribution in [2.75, 3.05) is 0 Å². The van der Waals surface area contributed by atoms with E-state index in [0.29, 0.717) is 0 Å². The molecule has 1 radical (unpaired) electrons. The first-order chi connectivity index (χ1) is 2.41. The van der Waals surface area contributed by atoms with Gasteiger partial charge in [-0.2, -0.15) is 0 Å². The molecule has 6 heteroatoms. The molecule has 6 heavy (non-hydrogen) atoms. The summed E-state index contributed by atoms with van der Waals surface area (Å²) in [5.74, 6) is 0. The summed E-state index contributed by atoms with van der Waals surface area (Å²) in [7, 11) is 0. The van der Waals surface area contributed by atoms with Crippen molar-refractivity contribution in [3.05, 3.63) is 0 Å². The minimum atomic E-state index is -1.24. The monoisotopic (exact) mass is 205 g/mol. The van der Waals surface area contributed by atoms with E-state index >= 15 is 0 Å². The summed E-state index contributed by atoms with van der Waals surface area (Å²) in [4.78, 5) is 0. The Morgan fingerprint density at radius 3 is 1.50 bits per heavy atom. The third kappa shape index (κ3) is 8.92. The molecule has 0 aliphatic heterocycles. The molecule has 33 valence electrons. The average Bonchev–Trinajstić information content (AvgIpc) is 1.41. The van der Waals surface area contributed by atoms with Gasteiger partial charge in [-0.05, 0) is 0 Å². The van der Waals surface area contributed by atoms with E-state index in [1.165, 1.54) is 0 Å². The number of hydrogen-bond acceptors (Lipinski definition) is 3. The fourth-order valence-electron chi connectivity index (χ4n) is 0.0227. The van der Waals surface area contributed by atoms with Crippen molar-refractivity contribution in [3.8, 4) is 0 Å². The van der Waals surface area contributed by atoms with Crippen LogP contribution in [0.25, 0.3) is 0 Å². The van der Waals surface area contributed by atoms with E-state index in [1.54, 1.807) is 0 Å². The van der Waals surface area contributed by atoms with Crippen molar-refractivity contribution < 1.29 is 29.9 Å². The van der Waals surface area contributed by atoms with Crippen molar-refractivity contribution in [2.24, 2.45) is 0 Å². The predicted octanol–water partition coefficient (Wildman–Crippen LogP) is -1.07. The van der Waals surface area contributed by atoms with Gasteiger partial charge in [-0.3, -0.25) is 0 Å². The van der Waals surface area contributed by atoms with Gasteiger partial charge >= 0.3 is 41.4 Å². The Morgan fingerprint density at radius 1 is 1.17 bits per heavy atom. The smallest absolute Gasteiger partial charge is 0 e. The molecule has 0 fully saturated rings. The second kappa shape index (κ2) is 9.43. The minimum Gasteiger partial charge on any atom is 0 e. The summed E-state index contributed by atoms with van der Waals surface area (Å²) in [5, 5.41) is 0. The first kappa shape index (κ1) is 10.1. The van der Waals surface area contributed by atoms with Crippen LogP contribution in [0, 0.1) is 0 Å². The summed E-state index contributed by atoms with van der Waals surface area (Å²) in [6.07, 6.45) is 0. The van der Waals surface area contributed by atoms with Gasteiger partial charge in [0, 0.05) is 19.5 Å². The number of hydrogen-bond donors (Lipinski definition) is 0. The molecule has 0 aliphatic carbocycles. The zero-order chi connectivity index (χ0) is 4.12. The number of rotatable bonds is 2. The van der Waals surface area contributed by atoms with Crippen molar-refractivity contribution in [1.29, 1.82) is 0 Å². The Kier molecular flexibility index (Phi) is 16.0. The summed E-state index contributed by atoms with van der Waals surface area (Å²) >= 11 is -2.48. The van der Waals surface area contributed by atoms with E-state index in [9.17, 15) is 7.61 Å². The topological polar surface area (TPSA) is 43.4 Å². The van der Waals surface area contributed by atoms with Crippen LogP contribution in [0.15, 0.2) is 0 Å². The molecular weight excluding hydrogens is 205 g/mol. The van der Waals surface area contributed by atoms with Crippen LogP contribution in [0.5, 0.6) is 0 Å². The second-order valence-corrected chi connectivity index (χ2v) is 1.80. The molecule has 0 N–H and O–H groups in total. The maximum absolute atomic E-state index is 9.21. The zero-order valence-corrected chi connectivity index (χ0v) is 6.66. The Morgan fingerprint density at radius 2 is 1.50 bits per heavy atom. The zero-order valence-electron chi connectivity index (χ0n) is 2.71. The van der Waals surface area contributed by atoms with Gasteiger partial charge in [-0.25, -0.2) is 0 Å². The fraction of sp³-hybridized carbons (Fsp3) is 0. The first-order valence-corrected chi connectivity index (χ1v) is 2.83. The van der Waals surface area contributed by atoms with Gasteiger partial charge in [-0.15, -0.1) is 0 Å². The molecule has 0 bridgehead atoms. The SMILES string of the molecule is [O]=[Al][O][Al]=[O].[Rh]. The van der Waals surface area contributed by atoms with Crippen LogP contribution in [-0.2, 0) is 29.9 Å². The van der Waals surface area contributed by atoms with Crippen LogP contribution in [-0.4, -0.2) is 31.0 Å². The van der Waals surface area contributed by atoms with Gasteiger partial charge in [0.1, 0.15) is 0 Å². The largest absolute Gasteiger partial charge is 0 e. The van der Waals surface area contributed by atoms with Crippen molar-refractivity contribution >= 4 is 31.0 Å². The van der Waals surface area contributed by atoms with Crippen molar-refractivity contribution in [1.82, 2.24) is 0 Å². The van der Waals surface area contributed by atoms with Gasteiger partial charge in [0.15, 0.2) is 0 Å². The van der Waals surface area contributed by atoms with Gasteiger partial charge in [0.25, 0.3) is 0 Å². The molecule has 0 heterocycles. The molecule has 3 nitrogen and oxygen atoms in total. The summed E-state index contributed by atoms with van der Waals surface area (Å²) < 4.78 is 22.3. The van der Waals surface area contributed by atoms with Crippen molar-refractivity contribution in [2.45, 2.75) is 0 Å². The third-order valence-corrected chi connectivity index (χ3v) is 1.00. The maximum atomic E-state index is 9.21. The van der Waals surface area contributed by atoms with Gasteiger partial charge in [0.05, 0.1) is 0 Å². The van der Waals surface area contributed by atoms with Gasteiger partial charge in [-0.1, -0.05) is 0 Å². The van der Waals surface area contributed by atoms with E-state index < -0.39 is 31.0 Å². The third-order valence-electron chi connectivity index (χ3n) is 0.111. The molecule has 0 aromatic rings. The quantitative estimate of drug-likeness (QED) is 0.539. The molecule has 0 rings (SSSR count). The van der Waals surface area contributed by atoms with E-state index in [4.69, 9.17) is 0 Å². The summed E-state index contributed by atoms with van der Waals surface area (Å²) in [5.41, 5.74) is 0. The maximum Gasteiger partial charge on any atom is 0 e.